The molecular weight excluding hydrogens is 231 g/mol. The molecule has 0 aliphatic heterocycles. The number of hydrogen-bond donors (Lipinski definition) is 1. The van der Waals surface area contributed by atoms with Crippen LogP contribution in [0.25, 0.3) is 0 Å². The number of hydrogen-bond acceptors (Lipinski definition) is 4. The summed E-state index contributed by atoms with van der Waals surface area (Å²) in [7, 11) is -4.68. The summed E-state index contributed by atoms with van der Waals surface area (Å²) in [5.41, 5.74) is -0.0324. The van der Waals surface area contributed by atoms with Crippen molar-refractivity contribution in [2.75, 3.05) is 0 Å². The molecule has 0 amide bonds. The largest absolute Gasteiger partial charge is 1.00 e. The Labute approximate surface area is 109 Å². The summed E-state index contributed by atoms with van der Waals surface area (Å²) in [5.74, 6) is -1.85. The van der Waals surface area contributed by atoms with Gasteiger partial charge in [0.05, 0.1) is 5.97 Å². The van der Waals surface area contributed by atoms with Crippen LogP contribution in [0.4, 0.5) is 0 Å². The van der Waals surface area contributed by atoms with Gasteiger partial charge < -0.3 is 9.90 Å². The van der Waals surface area contributed by atoms with Gasteiger partial charge in [-0.1, -0.05) is 30.3 Å². The first-order chi connectivity index (χ1) is 6.43. The van der Waals surface area contributed by atoms with Crippen LogP contribution >= 0.6 is 0 Å². The van der Waals surface area contributed by atoms with Crippen LogP contribution < -0.4 is 34.7 Å². The zero-order valence-electron chi connectivity index (χ0n) is 7.95. The molecule has 1 aromatic carbocycles. The van der Waals surface area contributed by atoms with Crippen LogP contribution in [0.3, 0.4) is 0 Å². The van der Waals surface area contributed by atoms with E-state index in [9.17, 15) is 18.3 Å². The van der Waals surface area contributed by atoms with Gasteiger partial charge in [-0.2, -0.15) is 8.42 Å². The molecule has 0 fully saturated rings. The van der Waals surface area contributed by atoms with Crippen molar-refractivity contribution >= 4 is 16.1 Å². The number of carboxylic acid groups (broad SMARTS) is 1. The van der Waals surface area contributed by atoms with Gasteiger partial charge in [-0.05, 0) is 5.56 Å². The van der Waals surface area contributed by atoms with Gasteiger partial charge in [0.1, 0.15) is 0 Å². The van der Waals surface area contributed by atoms with Crippen LogP contribution in [-0.2, 0) is 14.9 Å². The average molecular weight is 238 g/mol. The Kier molecular flexibility index (Phi) is 5.47. The van der Waals surface area contributed by atoms with Gasteiger partial charge in [-0.25, -0.2) is 0 Å². The third kappa shape index (κ3) is 3.92. The molecule has 1 atom stereocenters. The van der Waals surface area contributed by atoms with Crippen molar-refractivity contribution in [2.24, 2.45) is 0 Å². The quantitative estimate of drug-likeness (QED) is 0.433. The van der Waals surface area contributed by atoms with Crippen LogP contribution in [0.15, 0.2) is 30.3 Å². The normalized spacial score (nSPS) is 12.6. The van der Waals surface area contributed by atoms with E-state index in [1.54, 1.807) is 6.07 Å². The predicted octanol–water partition coefficient (Wildman–Crippen LogP) is -3.63. The van der Waals surface area contributed by atoms with Crippen LogP contribution in [0, 0.1) is 0 Å². The summed E-state index contributed by atoms with van der Waals surface area (Å²) in [6, 6.07) is 7.11. The van der Waals surface area contributed by atoms with Gasteiger partial charge in [0, 0.05) is 0 Å². The molecule has 1 aromatic rings. The van der Waals surface area contributed by atoms with E-state index >= 15 is 0 Å². The molecule has 5 nitrogen and oxygen atoms in total. The van der Waals surface area contributed by atoms with E-state index in [1.165, 1.54) is 24.3 Å². The molecule has 0 saturated heterocycles. The van der Waals surface area contributed by atoms with Gasteiger partial charge in [0.15, 0.2) is 5.25 Å². The van der Waals surface area contributed by atoms with Gasteiger partial charge in [0.25, 0.3) is 10.1 Å². The van der Waals surface area contributed by atoms with Crippen molar-refractivity contribution in [3.8, 4) is 0 Å². The molecule has 0 bridgehead atoms. The third-order valence-corrected chi connectivity index (χ3v) is 2.67. The second-order valence-corrected chi connectivity index (χ2v) is 4.13. The Morgan fingerprint density at radius 3 is 2.07 bits per heavy atom. The zero-order valence-corrected chi connectivity index (χ0v) is 10.8. The number of carbonyl (C=O) groups excluding carboxylic acids is 1. The molecule has 0 heterocycles. The Bertz CT molecular complexity index is 428. The third-order valence-electron chi connectivity index (χ3n) is 1.61. The van der Waals surface area contributed by atoms with Crippen molar-refractivity contribution in [1.82, 2.24) is 0 Å². The minimum Gasteiger partial charge on any atom is -0.548 e. The molecule has 0 radical (unpaired) electrons. The predicted molar refractivity (Wildman–Crippen MR) is 45.7 cm³/mol. The molecule has 0 saturated carbocycles. The van der Waals surface area contributed by atoms with Crippen molar-refractivity contribution in [3.05, 3.63) is 35.9 Å². The second-order valence-electron chi connectivity index (χ2n) is 2.62. The van der Waals surface area contributed by atoms with E-state index in [4.69, 9.17) is 4.55 Å². The molecule has 0 aliphatic rings. The van der Waals surface area contributed by atoms with Crippen molar-refractivity contribution < 1.29 is 52.4 Å². The van der Waals surface area contributed by atoms with Gasteiger partial charge in [-0.3, -0.25) is 4.55 Å². The average Bonchev–Trinajstić information content (AvgIpc) is 2.02. The fourth-order valence-electron chi connectivity index (χ4n) is 1.06. The Morgan fingerprint density at radius 1 is 1.27 bits per heavy atom. The summed E-state index contributed by atoms with van der Waals surface area (Å²) >= 11 is 0. The standard InChI is InChI=1S/C8H8O5S.Na/c9-8(10)7(14(11,12)13)6-4-2-1-3-5-6;/h1-5,7H,(H,9,10)(H,11,12,13);/q;+1/p-1. The SMILES string of the molecule is O=C([O-])C(c1ccccc1)S(=O)(=O)O.[Na+]. The van der Waals surface area contributed by atoms with E-state index in [1.807, 2.05) is 0 Å². The molecule has 1 N–H and O–H groups in total. The second kappa shape index (κ2) is 5.62. The minimum absolute atomic E-state index is 0. The molecule has 15 heavy (non-hydrogen) atoms. The van der Waals surface area contributed by atoms with E-state index in [0.717, 1.165) is 0 Å². The zero-order chi connectivity index (χ0) is 10.8. The van der Waals surface area contributed by atoms with Crippen LogP contribution in [0.2, 0.25) is 0 Å². The maximum Gasteiger partial charge on any atom is 1.00 e. The maximum absolute atomic E-state index is 10.7. The summed E-state index contributed by atoms with van der Waals surface area (Å²) in [5, 5.41) is 8.47. The number of carboxylic acids is 1. The molecular formula is C8H7NaO5S. The topological polar surface area (TPSA) is 94.5 Å². The van der Waals surface area contributed by atoms with Gasteiger partial charge in [-0.15, -0.1) is 0 Å². The van der Waals surface area contributed by atoms with E-state index in [2.05, 4.69) is 0 Å². The number of carbonyl (C=O) groups is 1. The fourth-order valence-corrected chi connectivity index (χ4v) is 1.80. The molecule has 0 aromatic heterocycles. The summed E-state index contributed by atoms with van der Waals surface area (Å²) in [6.45, 7) is 0. The smallest absolute Gasteiger partial charge is 0.548 e. The van der Waals surface area contributed by atoms with E-state index in [0.29, 0.717) is 0 Å². The number of benzene rings is 1. The Hall–Kier alpha value is -0.400. The first kappa shape index (κ1) is 14.6. The van der Waals surface area contributed by atoms with Crippen LogP contribution in [0.5, 0.6) is 0 Å². The molecule has 76 valence electrons. The first-order valence-corrected chi connectivity index (χ1v) is 5.15. The molecule has 1 rings (SSSR count). The van der Waals surface area contributed by atoms with E-state index in [-0.39, 0.29) is 35.1 Å². The number of aliphatic carboxylic acids is 1. The monoisotopic (exact) mass is 238 g/mol. The van der Waals surface area contributed by atoms with Crippen molar-refractivity contribution in [3.63, 3.8) is 0 Å². The van der Waals surface area contributed by atoms with Gasteiger partial charge >= 0.3 is 29.6 Å². The maximum atomic E-state index is 10.7. The van der Waals surface area contributed by atoms with Gasteiger partial charge in [0.2, 0.25) is 0 Å². The minimum atomic E-state index is -4.68. The molecule has 7 heteroatoms. The van der Waals surface area contributed by atoms with Crippen LogP contribution in [0.1, 0.15) is 10.8 Å². The molecule has 0 aliphatic carbocycles. The first-order valence-electron chi connectivity index (χ1n) is 3.65. The number of rotatable bonds is 3. The van der Waals surface area contributed by atoms with E-state index < -0.39 is 21.3 Å². The molecule has 1 unspecified atom stereocenters. The van der Waals surface area contributed by atoms with Crippen LogP contribution in [-0.4, -0.2) is 18.9 Å². The summed E-state index contributed by atoms with van der Waals surface area (Å²) in [6.07, 6.45) is 0. The Morgan fingerprint density at radius 2 is 1.73 bits per heavy atom. The summed E-state index contributed by atoms with van der Waals surface area (Å²) < 4.78 is 30.1. The fraction of sp³-hybridized carbons (Fsp3) is 0.125. The van der Waals surface area contributed by atoms with Crippen molar-refractivity contribution in [2.45, 2.75) is 5.25 Å². The Balaban J connectivity index is 0.00000196. The summed E-state index contributed by atoms with van der Waals surface area (Å²) in [4.78, 5) is 10.5. The molecule has 0 spiro atoms. The van der Waals surface area contributed by atoms with Crippen molar-refractivity contribution in [1.29, 1.82) is 0 Å².